The molecule has 0 bridgehead atoms. The van der Waals surface area contributed by atoms with Gasteiger partial charge in [-0.1, -0.05) is 0 Å². The van der Waals surface area contributed by atoms with Crippen molar-refractivity contribution in [3.8, 4) is 0 Å². The van der Waals surface area contributed by atoms with Crippen LogP contribution in [0.5, 0.6) is 0 Å². The molecule has 1 aromatic heterocycles. The van der Waals surface area contributed by atoms with Crippen LogP contribution in [0.2, 0.25) is 0 Å². The zero-order valence-corrected chi connectivity index (χ0v) is 14.0. The number of carbonyl (C=O) groups excluding carboxylic acids is 2. The van der Waals surface area contributed by atoms with Gasteiger partial charge in [-0.25, -0.2) is 0 Å². The SMILES string of the molecule is CNC(=O)CN1CCN(C(=O)C=Cc2ccc(I)o2)CC1. The molecular formula is C14H18IN3O3. The zero-order chi connectivity index (χ0) is 15.2. The first-order valence-electron chi connectivity index (χ1n) is 6.74. The fourth-order valence-electron chi connectivity index (χ4n) is 2.09. The van der Waals surface area contributed by atoms with E-state index in [-0.39, 0.29) is 11.8 Å². The van der Waals surface area contributed by atoms with Gasteiger partial charge in [-0.3, -0.25) is 14.5 Å². The van der Waals surface area contributed by atoms with E-state index in [1.54, 1.807) is 18.0 Å². The van der Waals surface area contributed by atoms with E-state index in [4.69, 9.17) is 4.42 Å². The molecule has 114 valence electrons. The lowest BCUT2D eigenvalue weighted by atomic mass is 10.3. The molecule has 2 amide bonds. The van der Waals surface area contributed by atoms with E-state index >= 15 is 0 Å². The summed E-state index contributed by atoms with van der Waals surface area (Å²) in [5, 5.41) is 2.60. The van der Waals surface area contributed by atoms with Crippen LogP contribution in [0.1, 0.15) is 5.76 Å². The molecule has 0 radical (unpaired) electrons. The number of hydrogen-bond acceptors (Lipinski definition) is 4. The summed E-state index contributed by atoms with van der Waals surface area (Å²) in [5.74, 6) is 0.647. The highest BCUT2D eigenvalue weighted by Crippen LogP contribution is 2.12. The Balaban J connectivity index is 1.80. The smallest absolute Gasteiger partial charge is 0.246 e. The van der Waals surface area contributed by atoms with Gasteiger partial charge in [0.25, 0.3) is 0 Å². The van der Waals surface area contributed by atoms with Crippen LogP contribution in [0.25, 0.3) is 6.08 Å². The number of hydrogen-bond donors (Lipinski definition) is 1. The number of rotatable bonds is 4. The van der Waals surface area contributed by atoms with Crippen molar-refractivity contribution in [1.82, 2.24) is 15.1 Å². The highest BCUT2D eigenvalue weighted by Gasteiger charge is 2.20. The minimum absolute atomic E-state index is 0.00194. The minimum atomic E-state index is -0.0269. The fourth-order valence-corrected chi connectivity index (χ4v) is 2.52. The van der Waals surface area contributed by atoms with Crippen LogP contribution in [0.4, 0.5) is 0 Å². The van der Waals surface area contributed by atoms with E-state index < -0.39 is 0 Å². The molecule has 0 unspecified atom stereocenters. The first kappa shape index (κ1) is 16.0. The number of piperazine rings is 1. The predicted octanol–water partition coefficient (Wildman–Crippen LogP) is 0.788. The Morgan fingerprint density at radius 1 is 1.33 bits per heavy atom. The zero-order valence-electron chi connectivity index (χ0n) is 11.8. The molecule has 1 saturated heterocycles. The third-order valence-corrected chi connectivity index (χ3v) is 3.89. The molecule has 1 aliphatic rings. The maximum Gasteiger partial charge on any atom is 0.246 e. The average Bonchev–Trinajstić information content (AvgIpc) is 2.91. The predicted molar refractivity (Wildman–Crippen MR) is 87.5 cm³/mol. The highest BCUT2D eigenvalue weighted by atomic mass is 127. The largest absolute Gasteiger partial charge is 0.451 e. The molecule has 2 rings (SSSR count). The second-order valence-corrected chi connectivity index (χ2v) is 5.81. The third kappa shape index (κ3) is 4.85. The number of likely N-dealkylation sites (N-methyl/N-ethyl adjacent to an activating group) is 1. The Hall–Kier alpha value is -1.35. The van der Waals surface area contributed by atoms with E-state index in [9.17, 15) is 9.59 Å². The summed E-state index contributed by atoms with van der Waals surface area (Å²) in [6.07, 6.45) is 3.21. The lowest BCUT2D eigenvalue weighted by Crippen LogP contribution is -2.50. The summed E-state index contributed by atoms with van der Waals surface area (Å²) in [5.41, 5.74) is 0. The van der Waals surface area contributed by atoms with E-state index in [0.717, 1.165) is 3.77 Å². The first-order chi connectivity index (χ1) is 10.1. The van der Waals surface area contributed by atoms with Crippen LogP contribution in [-0.4, -0.2) is 61.4 Å². The second-order valence-electron chi connectivity index (χ2n) is 4.75. The van der Waals surface area contributed by atoms with Gasteiger partial charge in [0.05, 0.1) is 6.54 Å². The van der Waals surface area contributed by atoms with E-state index in [2.05, 4.69) is 27.9 Å². The first-order valence-corrected chi connectivity index (χ1v) is 7.81. The van der Waals surface area contributed by atoms with Crippen molar-refractivity contribution in [3.63, 3.8) is 0 Å². The molecule has 7 heteroatoms. The van der Waals surface area contributed by atoms with Gasteiger partial charge < -0.3 is 14.6 Å². The third-order valence-electron chi connectivity index (χ3n) is 3.31. The molecule has 0 aromatic carbocycles. The van der Waals surface area contributed by atoms with Gasteiger partial charge in [-0.2, -0.15) is 0 Å². The lowest BCUT2D eigenvalue weighted by molar-refractivity contribution is -0.128. The summed E-state index contributed by atoms with van der Waals surface area (Å²) in [7, 11) is 1.63. The van der Waals surface area contributed by atoms with Gasteiger partial charge in [-0.15, -0.1) is 0 Å². The molecule has 0 aliphatic carbocycles. The molecule has 0 saturated carbocycles. The quantitative estimate of drug-likeness (QED) is 0.597. The topological polar surface area (TPSA) is 65.8 Å². The number of furan rings is 1. The summed E-state index contributed by atoms with van der Waals surface area (Å²) in [4.78, 5) is 27.2. The fraction of sp³-hybridized carbons (Fsp3) is 0.429. The van der Waals surface area contributed by atoms with E-state index in [1.165, 1.54) is 6.08 Å². The van der Waals surface area contributed by atoms with Crippen molar-refractivity contribution in [2.45, 2.75) is 0 Å². The van der Waals surface area contributed by atoms with Crippen LogP contribution >= 0.6 is 22.6 Å². The molecule has 1 fully saturated rings. The summed E-state index contributed by atoms with van der Waals surface area (Å²) in [6.45, 7) is 3.09. The number of nitrogens with zero attached hydrogens (tertiary/aromatic N) is 2. The molecule has 0 spiro atoms. The standard InChI is InChI=1S/C14H18IN3O3/c1-16-13(19)10-17-6-8-18(9-7-17)14(20)5-3-11-2-4-12(15)21-11/h2-5H,6-10H2,1H3,(H,16,19). The molecule has 1 aromatic rings. The number of carbonyl (C=O) groups is 2. The Morgan fingerprint density at radius 2 is 2.05 bits per heavy atom. The number of nitrogens with one attached hydrogen (secondary N) is 1. The van der Waals surface area contributed by atoms with Gasteiger partial charge in [0.15, 0.2) is 3.77 Å². The van der Waals surface area contributed by atoms with Crippen LogP contribution in [-0.2, 0) is 9.59 Å². The van der Waals surface area contributed by atoms with Gasteiger partial charge >= 0.3 is 0 Å². The van der Waals surface area contributed by atoms with E-state index in [0.29, 0.717) is 38.5 Å². The van der Waals surface area contributed by atoms with Crippen LogP contribution in [0, 0.1) is 3.77 Å². The number of amides is 2. The van der Waals surface area contributed by atoms with Crippen LogP contribution in [0.15, 0.2) is 22.6 Å². The summed E-state index contributed by atoms with van der Waals surface area (Å²) < 4.78 is 6.16. The van der Waals surface area contributed by atoms with Crippen LogP contribution in [0.3, 0.4) is 0 Å². The van der Waals surface area contributed by atoms with Crippen molar-refractivity contribution < 1.29 is 14.0 Å². The van der Waals surface area contributed by atoms with Gasteiger partial charge in [0, 0.05) is 39.3 Å². The monoisotopic (exact) mass is 403 g/mol. The summed E-state index contributed by atoms with van der Waals surface area (Å²) in [6, 6.07) is 3.68. The lowest BCUT2D eigenvalue weighted by Gasteiger charge is -2.33. The maximum absolute atomic E-state index is 12.1. The molecule has 2 heterocycles. The summed E-state index contributed by atoms with van der Waals surface area (Å²) >= 11 is 2.08. The van der Waals surface area contributed by atoms with Crippen molar-refractivity contribution in [2.75, 3.05) is 39.8 Å². The molecule has 1 N–H and O–H groups in total. The van der Waals surface area contributed by atoms with Crippen molar-refractivity contribution in [1.29, 1.82) is 0 Å². The van der Waals surface area contributed by atoms with Crippen LogP contribution < -0.4 is 5.32 Å². The maximum atomic E-state index is 12.1. The minimum Gasteiger partial charge on any atom is -0.451 e. The molecule has 0 atom stereocenters. The van der Waals surface area contributed by atoms with Gasteiger partial charge in [0.2, 0.25) is 11.8 Å². The normalized spacial score (nSPS) is 16.4. The highest BCUT2D eigenvalue weighted by molar-refractivity contribution is 14.1. The Labute approximate surface area is 137 Å². The van der Waals surface area contributed by atoms with Crippen molar-refractivity contribution in [3.05, 3.63) is 27.7 Å². The molecule has 6 nitrogen and oxygen atoms in total. The number of halogens is 1. The Bertz CT molecular complexity index is 533. The molecule has 1 aliphatic heterocycles. The molecule has 21 heavy (non-hydrogen) atoms. The van der Waals surface area contributed by atoms with Crippen molar-refractivity contribution in [2.24, 2.45) is 0 Å². The second kappa shape index (κ2) is 7.60. The molecular weight excluding hydrogens is 385 g/mol. The van der Waals surface area contributed by atoms with Gasteiger partial charge in [-0.05, 0) is 40.8 Å². The Morgan fingerprint density at radius 3 is 2.62 bits per heavy atom. The Kier molecular flexibility index (Phi) is 5.80. The van der Waals surface area contributed by atoms with Gasteiger partial charge in [0.1, 0.15) is 5.76 Å². The van der Waals surface area contributed by atoms with E-state index in [1.807, 2.05) is 17.0 Å². The van der Waals surface area contributed by atoms with Crippen molar-refractivity contribution >= 4 is 40.5 Å². The average molecular weight is 403 g/mol.